The highest BCUT2D eigenvalue weighted by Crippen LogP contribution is 2.39. The Labute approximate surface area is 121 Å². The fraction of sp³-hybridized carbons (Fsp3) is 0.263. The van der Waals surface area contributed by atoms with Crippen molar-refractivity contribution in [3.8, 4) is 5.75 Å². The molecule has 0 unspecified atom stereocenters. The number of hydrogen-bond acceptors (Lipinski definition) is 1. The third-order valence-corrected chi connectivity index (χ3v) is 3.76. The summed E-state index contributed by atoms with van der Waals surface area (Å²) in [5, 5.41) is 0. The van der Waals surface area contributed by atoms with Gasteiger partial charge in [0, 0.05) is 16.5 Å². The fourth-order valence-electron chi connectivity index (χ4n) is 2.60. The molecule has 2 rings (SSSR count). The molecule has 0 radical (unpaired) electrons. The first-order valence-corrected chi connectivity index (χ1v) is 6.97. The van der Waals surface area contributed by atoms with Crippen LogP contribution in [0.15, 0.2) is 54.6 Å². The molecule has 1 heteroatoms. The molecule has 1 nitrogen and oxygen atoms in total. The summed E-state index contributed by atoms with van der Waals surface area (Å²) in [6.45, 7) is 6.49. The average Bonchev–Trinajstić information content (AvgIpc) is 2.48. The van der Waals surface area contributed by atoms with Gasteiger partial charge in [-0.2, -0.15) is 0 Å². The number of benzene rings is 2. The van der Waals surface area contributed by atoms with Crippen molar-refractivity contribution in [2.45, 2.75) is 26.2 Å². The van der Waals surface area contributed by atoms with Crippen molar-refractivity contribution in [2.24, 2.45) is 0 Å². The molecule has 0 aliphatic carbocycles. The first-order valence-electron chi connectivity index (χ1n) is 6.97. The minimum atomic E-state index is -0.0931. The van der Waals surface area contributed by atoms with Crippen LogP contribution in [0, 0.1) is 0 Å². The molecule has 0 atom stereocenters. The lowest BCUT2D eigenvalue weighted by Gasteiger charge is -2.28. The van der Waals surface area contributed by atoms with Crippen LogP contribution in [0.4, 0.5) is 0 Å². The molecule has 2 aromatic rings. The topological polar surface area (TPSA) is 9.23 Å². The average molecular weight is 266 g/mol. The zero-order valence-corrected chi connectivity index (χ0v) is 12.7. The van der Waals surface area contributed by atoms with Crippen LogP contribution in [-0.4, -0.2) is 7.11 Å². The molecule has 0 aromatic heterocycles. The van der Waals surface area contributed by atoms with E-state index in [1.165, 1.54) is 11.1 Å². The molecule has 0 bridgehead atoms. The highest BCUT2D eigenvalue weighted by molar-refractivity contribution is 5.62. The maximum Gasteiger partial charge on any atom is 0.130 e. The Morgan fingerprint density at radius 1 is 0.950 bits per heavy atom. The van der Waals surface area contributed by atoms with Gasteiger partial charge in [0.1, 0.15) is 5.75 Å². The maximum absolute atomic E-state index is 5.69. The van der Waals surface area contributed by atoms with Crippen molar-refractivity contribution in [1.82, 2.24) is 0 Å². The molecule has 2 aromatic carbocycles. The molecule has 0 aliphatic heterocycles. The Balaban J connectivity index is 2.60. The van der Waals surface area contributed by atoms with Crippen molar-refractivity contribution < 1.29 is 4.74 Å². The van der Waals surface area contributed by atoms with E-state index in [9.17, 15) is 0 Å². The van der Waals surface area contributed by atoms with Crippen molar-refractivity contribution in [3.63, 3.8) is 0 Å². The lowest BCUT2D eigenvalue weighted by Crippen LogP contribution is -2.20. The molecule has 0 saturated carbocycles. The third kappa shape index (κ3) is 2.62. The number of methoxy groups -OCH3 is 1. The number of ether oxygens (including phenoxy) is 1. The van der Waals surface area contributed by atoms with Crippen LogP contribution in [0.1, 0.15) is 37.5 Å². The minimum absolute atomic E-state index is 0.0931. The number of para-hydroxylation sites is 1. The van der Waals surface area contributed by atoms with Gasteiger partial charge < -0.3 is 4.74 Å². The molecular weight excluding hydrogens is 244 g/mol. The van der Waals surface area contributed by atoms with E-state index in [1.54, 1.807) is 7.11 Å². The number of hydrogen-bond donors (Lipinski definition) is 0. The summed E-state index contributed by atoms with van der Waals surface area (Å²) in [7, 11) is 1.74. The van der Waals surface area contributed by atoms with Gasteiger partial charge in [0.15, 0.2) is 0 Å². The largest absolute Gasteiger partial charge is 0.496 e. The van der Waals surface area contributed by atoms with E-state index in [-0.39, 0.29) is 5.41 Å². The zero-order valence-electron chi connectivity index (χ0n) is 12.7. The van der Waals surface area contributed by atoms with Crippen LogP contribution in [0.3, 0.4) is 0 Å². The normalized spacial score (nSPS) is 11.8. The van der Waals surface area contributed by atoms with E-state index in [0.717, 1.165) is 11.3 Å². The summed E-state index contributed by atoms with van der Waals surface area (Å²) in [6, 6.07) is 16.9. The first-order chi connectivity index (χ1) is 9.61. The van der Waals surface area contributed by atoms with Crippen molar-refractivity contribution in [2.75, 3.05) is 7.11 Å². The van der Waals surface area contributed by atoms with Crippen LogP contribution < -0.4 is 4.74 Å². The quantitative estimate of drug-likeness (QED) is 0.752. The number of allylic oxidation sites excluding steroid dienone is 1. The van der Waals surface area contributed by atoms with E-state index in [2.05, 4.69) is 62.4 Å². The van der Waals surface area contributed by atoms with Gasteiger partial charge in [-0.25, -0.2) is 0 Å². The number of rotatable bonds is 4. The van der Waals surface area contributed by atoms with Crippen LogP contribution in [0.25, 0.3) is 6.08 Å². The Kier molecular flexibility index (Phi) is 4.29. The van der Waals surface area contributed by atoms with Gasteiger partial charge in [-0.05, 0) is 12.5 Å². The highest BCUT2D eigenvalue weighted by Gasteiger charge is 2.27. The van der Waals surface area contributed by atoms with E-state index in [4.69, 9.17) is 4.74 Å². The van der Waals surface area contributed by atoms with Gasteiger partial charge in [0.05, 0.1) is 7.11 Å². The van der Waals surface area contributed by atoms with E-state index in [0.29, 0.717) is 0 Å². The van der Waals surface area contributed by atoms with Gasteiger partial charge in [0.25, 0.3) is 0 Å². The molecule has 104 valence electrons. The van der Waals surface area contributed by atoms with Gasteiger partial charge in [-0.15, -0.1) is 0 Å². The Hall–Kier alpha value is -2.02. The Morgan fingerprint density at radius 3 is 2.25 bits per heavy atom. The van der Waals surface area contributed by atoms with Gasteiger partial charge in [-0.1, -0.05) is 74.5 Å². The summed E-state index contributed by atoms with van der Waals surface area (Å²) in [4.78, 5) is 0. The fourth-order valence-corrected chi connectivity index (χ4v) is 2.60. The molecular formula is C19H22O. The second-order valence-corrected chi connectivity index (χ2v) is 5.42. The van der Waals surface area contributed by atoms with Crippen LogP contribution in [0.5, 0.6) is 5.75 Å². The lowest BCUT2D eigenvalue weighted by molar-refractivity contribution is 0.400. The molecule has 0 N–H and O–H groups in total. The highest BCUT2D eigenvalue weighted by atomic mass is 16.5. The molecule has 20 heavy (non-hydrogen) atoms. The monoisotopic (exact) mass is 266 g/mol. The second-order valence-electron chi connectivity index (χ2n) is 5.42. The van der Waals surface area contributed by atoms with Gasteiger partial charge >= 0.3 is 0 Å². The second kappa shape index (κ2) is 5.96. The van der Waals surface area contributed by atoms with Crippen LogP contribution >= 0.6 is 0 Å². The SMILES string of the molecule is CC=Cc1cccc(C(C)(C)c2ccccc2)c1OC. The summed E-state index contributed by atoms with van der Waals surface area (Å²) in [5.41, 5.74) is 3.53. The van der Waals surface area contributed by atoms with Crippen LogP contribution in [-0.2, 0) is 5.41 Å². The molecule has 0 spiro atoms. The predicted octanol–water partition coefficient (Wildman–Crippen LogP) is 5.05. The van der Waals surface area contributed by atoms with Gasteiger partial charge in [0.2, 0.25) is 0 Å². The summed E-state index contributed by atoms with van der Waals surface area (Å²) in [6.07, 6.45) is 4.13. The summed E-state index contributed by atoms with van der Waals surface area (Å²) >= 11 is 0. The lowest BCUT2D eigenvalue weighted by atomic mass is 9.77. The standard InChI is InChI=1S/C19H22O/c1-5-10-15-11-9-14-17(18(15)20-4)19(2,3)16-12-7-6-8-13-16/h5-14H,1-4H3. The smallest absolute Gasteiger partial charge is 0.130 e. The van der Waals surface area contributed by atoms with Crippen molar-refractivity contribution in [1.29, 1.82) is 0 Å². The minimum Gasteiger partial charge on any atom is -0.496 e. The van der Waals surface area contributed by atoms with E-state index in [1.807, 2.05) is 19.1 Å². The van der Waals surface area contributed by atoms with E-state index < -0.39 is 0 Å². The van der Waals surface area contributed by atoms with Crippen LogP contribution in [0.2, 0.25) is 0 Å². The maximum atomic E-state index is 5.69. The Morgan fingerprint density at radius 2 is 1.65 bits per heavy atom. The predicted molar refractivity (Wildman–Crippen MR) is 86.3 cm³/mol. The van der Waals surface area contributed by atoms with Crippen molar-refractivity contribution >= 4 is 6.08 Å². The summed E-state index contributed by atoms with van der Waals surface area (Å²) in [5.74, 6) is 0.958. The molecule has 0 amide bonds. The Bertz CT molecular complexity index is 594. The summed E-state index contributed by atoms with van der Waals surface area (Å²) < 4.78 is 5.69. The molecule has 0 fully saturated rings. The first kappa shape index (κ1) is 14.4. The molecule has 0 saturated heterocycles. The van der Waals surface area contributed by atoms with Gasteiger partial charge in [-0.3, -0.25) is 0 Å². The zero-order chi connectivity index (χ0) is 14.6. The third-order valence-electron chi connectivity index (χ3n) is 3.76. The van der Waals surface area contributed by atoms with E-state index >= 15 is 0 Å². The molecule has 0 heterocycles. The van der Waals surface area contributed by atoms with Crippen molar-refractivity contribution in [3.05, 3.63) is 71.3 Å². The molecule has 0 aliphatic rings.